The Hall–Kier alpha value is -1.33. The molecule has 0 bridgehead atoms. The van der Waals surface area contributed by atoms with E-state index in [-0.39, 0.29) is 6.61 Å². The first kappa shape index (κ1) is 13.1. The molecule has 5 heteroatoms. The quantitative estimate of drug-likeness (QED) is 0.848. The number of hydrogen-bond donors (Lipinski definition) is 1. The van der Waals surface area contributed by atoms with Gasteiger partial charge >= 0.3 is 0 Å². The van der Waals surface area contributed by atoms with Crippen molar-refractivity contribution in [2.75, 3.05) is 6.61 Å². The number of hydrogen-bond acceptors (Lipinski definition) is 4. The molecule has 0 aliphatic heterocycles. The van der Waals surface area contributed by atoms with Crippen LogP contribution in [0.3, 0.4) is 0 Å². The summed E-state index contributed by atoms with van der Waals surface area (Å²) in [5.74, 6) is 0.810. The van der Waals surface area contributed by atoms with Crippen LogP contribution in [0.1, 0.15) is 27.7 Å². The molecule has 0 aliphatic rings. The SMILES string of the molecule is Cc1ncc(C[n+]2csc(CCO)c2C)c(C)n1. The first-order chi connectivity index (χ1) is 8.61. The summed E-state index contributed by atoms with van der Waals surface area (Å²) in [6.07, 6.45) is 2.63. The van der Waals surface area contributed by atoms with Gasteiger partial charge in [-0.3, -0.25) is 0 Å². The van der Waals surface area contributed by atoms with Gasteiger partial charge in [-0.2, -0.15) is 4.57 Å². The van der Waals surface area contributed by atoms with Crippen molar-refractivity contribution in [3.63, 3.8) is 0 Å². The molecular formula is C13H18N3OS+. The second-order valence-electron chi connectivity index (χ2n) is 4.36. The van der Waals surface area contributed by atoms with Crippen LogP contribution in [0.4, 0.5) is 0 Å². The number of rotatable bonds is 4. The monoisotopic (exact) mass is 264 g/mol. The maximum atomic E-state index is 9.00. The molecule has 2 aromatic rings. The van der Waals surface area contributed by atoms with E-state index in [1.165, 1.54) is 10.6 Å². The smallest absolute Gasteiger partial charge is 0.225 e. The Morgan fingerprint density at radius 2 is 2.11 bits per heavy atom. The highest BCUT2D eigenvalue weighted by Crippen LogP contribution is 2.12. The van der Waals surface area contributed by atoms with Gasteiger partial charge in [0.05, 0.1) is 16.1 Å². The van der Waals surface area contributed by atoms with E-state index in [4.69, 9.17) is 5.11 Å². The topological polar surface area (TPSA) is 49.9 Å². The Balaban J connectivity index is 2.23. The molecule has 0 amide bonds. The highest BCUT2D eigenvalue weighted by Gasteiger charge is 2.16. The van der Waals surface area contributed by atoms with Crippen molar-refractivity contribution < 1.29 is 9.67 Å². The van der Waals surface area contributed by atoms with Crippen LogP contribution < -0.4 is 4.57 Å². The lowest BCUT2D eigenvalue weighted by atomic mass is 10.2. The lowest BCUT2D eigenvalue weighted by Crippen LogP contribution is -2.35. The van der Waals surface area contributed by atoms with Crippen molar-refractivity contribution in [2.45, 2.75) is 33.7 Å². The van der Waals surface area contributed by atoms with E-state index in [0.29, 0.717) is 0 Å². The van der Waals surface area contributed by atoms with Gasteiger partial charge in [-0.25, -0.2) is 9.97 Å². The molecular weight excluding hydrogens is 246 g/mol. The summed E-state index contributed by atoms with van der Waals surface area (Å²) >= 11 is 1.69. The zero-order valence-corrected chi connectivity index (χ0v) is 11.8. The summed E-state index contributed by atoms with van der Waals surface area (Å²) in [6, 6.07) is 0. The highest BCUT2D eigenvalue weighted by molar-refractivity contribution is 7.09. The van der Waals surface area contributed by atoms with Crippen molar-refractivity contribution in [1.82, 2.24) is 9.97 Å². The largest absolute Gasteiger partial charge is 0.396 e. The van der Waals surface area contributed by atoms with Crippen molar-refractivity contribution in [1.29, 1.82) is 0 Å². The minimum atomic E-state index is 0.202. The van der Waals surface area contributed by atoms with E-state index >= 15 is 0 Å². The maximum absolute atomic E-state index is 9.00. The van der Waals surface area contributed by atoms with Gasteiger partial charge in [-0.05, 0) is 13.8 Å². The minimum absolute atomic E-state index is 0.202. The fourth-order valence-electron chi connectivity index (χ4n) is 1.90. The number of aryl methyl sites for hydroxylation is 2. The molecule has 0 fully saturated rings. The van der Waals surface area contributed by atoms with Crippen LogP contribution in [0.15, 0.2) is 11.7 Å². The average molecular weight is 264 g/mol. The molecule has 96 valence electrons. The van der Waals surface area contributed by atoms with E-state index < -0.39 is 0 Å². The van der Waals surface area contributed by atoms with Crippen molar-refractivity contribution in [2.24, 2.45) is 0 Å². The summed E-state index contributed by atoms with van der Waals surface area (Å²) in [7, 11) is 0. The van der Waals surface area contributed by atoms with Crippen LogP contribution in [0, 0.1) is 20.8 Å². The first-order valence-electron chi connectivity index (χ1n) is 5.98. The molecule has 0 aliphatic carbocycles. The molecule has 0 atom stereocenters. The van der Waals surface area contributed by atoms with Crippen LogP contribution >= 0.6 is 11.3 Å². The minimum Gasteiger partial charge on any atom is -0.396 e. The van der Waals surface area contributed by atoms with E-state index in [1.54, 1.807) is 11.3 Å². The molecule has 0 spiro atoms. The highest BCUT2D eigenvalue weighted by atomic mass is 32.1. The average Bonchev–Trinajstić information content (AvgIpc) is 2.66. The molecule has 4 nitrogen and oxygen atoms in total. The fraction of sp³-hybridized carbons (Fsp3) is 0.462. The van der Waals surface area contributed by atoms with Crippen LogP contribution in [-0.2, 0) is 13.0 Å². The predicted octanol–water partition coefficient (Wildman–Crippen LogP) is 1.33. The lowest BCUT2D eigenvalue weighted by molar-refractivity contribution is -0.689. The third-order valence-electron chi connectivity index (χ3n) is 3.04. The molecule has 18 heavy (non-hydrogen) atoms. The first-order valence-corrected chi connectivity index (χ1v) is 6.86. The Bertz CT molecular complexity index is 551. The Kier molecular flexibility index (Phi) is 4.04. The Morgan fingerprint density at radius 1 is 1.33 bits per heavy atom. The van der Waals surface area contributed by atoms with Crippen molar-refractivity contribution >= 4 is 11.3 Å². The second kappa shape index (κ2) is 5.54. The van der Waals surface area contributed by atoms with E-state index in [2.05, 4.69) is 27.0 Å². The van der Waals surface area contributed by atoms with Gasteiger partial charge in [0, 0.05) is 26.1 Å². The van der Waals surface area contributed by atoms with Crippen molar-refractivity contribution in [3.05, 3.63) is 39.4 Å². The Morgan fingerprint density at radius 3 is 2.78 bits per heavy atom. The number of aliphatic hydroxyl groups is 1. The molecule has 2 heterocycles. The molecule has 2 rings (SSSR count). The summed E-state index contributed by atoms with van der Waals surface area (Å²) in [4.78, 5) is 9.87. The summed E-state index contributed by atoms with van der Waals surface area (Å²) in [5.41, 5.74) is 5.49. The lowest BCUT2D eigenvalue weighted by Gasteiger charge is -2.02. The van der Waals surface area contributed by atoms with Crippen LogP contribution in [-0.4, -0.2) is 21.7 Å². The number of thiazole rings is 1. The van der Waals surface area contributed by atoms with Gasteiger partial charge in [0.15, 0.2) is 12.2 Å². The zero-order valence-electron chi connectivity index (χ0n) is 11.0. The van der Waals surface area contributed by atoms with E-state index in [0.717, 1.165) is 30.0 Å². The fourth-order valence-corrected chi connectivity index (χ4v) is 2.88. The third-order valence-corrected chi connectivity index (χ3v) is 4.18. The number of aliphatic hydroxyl groups excluding tert-OH is 1. The molecule has 1 N–H and O–H groups in total. The maximum Gasteiger partial charge on any atom is 0.225 e. The van der Waals surface area contributed by atoms with E-state index in [9.17, 15) is 0 Å². The van der Waals surface area contributed by atoms with E-state index in [1.807, 2.05) is 20.0 Å². The molecule has 0 radical (unpaired) electrons. The van der Waals surface area contributed by atoms with Gasteiger partial charge < -0.3 is 5.11 Å². The van der Waals surface area contributed by atoms with Crippen molar-refractivity contribution in [3.8, 4) is 0 Å². The molecule has 0 saturated heterocycles. The second-order valence-corrected chi connectivity index (χ2v) is 5.30. The summed E-state index contributed by atoms with van der Waals surface area (Å²) < 4.78 is 2.19. The number of nitrogens with zero attached hydrogens (tertiary/aromatic N) is 3. The van der Waals surface area contributed by atoms with Gasteiger partial charge in [-0.15, -0.1) is 0 Å². The summed E-state index contributed by atoms with van der Waals surface area (Å²) in [5, 5.41) is 9.00. The molecule has 0 aromatic carbocycles. The van der Waals surface area contributed by atoms with Crippen LogP contribution in [0.25, 0.3) is 0 Å². The molecule has 0 unspecified atom stereocenters. The zero-order chi connectivity index (χ0) is 13.1. The standard InChI is InChI=1S/C13H18N3OS/c1-9-12(6-14-11(3)15-9)7-16-8-18-13(4-5-17)10(16)2/h6,8,17H,4-5,7H2,1-3H3/q+1. The van der Waals surface area contributed by atoms with Crippen LogP contribution in [0.5, 0.6) is 0 Å². The molecule has 0 saturated carbocycles. The van der Waals surface area contributed by atoms with Gasteiger partial charge in [0.1, 0.15) is 5.82 Å². The predicted molar refractivity (Wildman–Crippen MR) is 70.6 cm³/mol. The molecule has 2 aromatic heterocycles. The number of aromatic nitrogens is 3. The van der Waals surface area contributed by atoms with Gasteiger partial charge in [-0.1, -0.05) is 11.3 Å². The normalized spacial score (nSPS) is 10.9. The van der Waals surface area contributed by atoms with Gasteiger partial charge in [0.2, 0.25) is 5.51 Å². The summed E-state index contributed by atoms with van der Waals surface area (Å²) in [6.45, 7) is 7.00. The Labute approximate surface area is 111 Å². The van der Waals surface area contributed by atoms with Gasteiger partial charge in [0.25, 0.3) is 0 Å². The van der Waals surface area contributed by atoms with Crippen LogP contribution in [0.2, 0.25) is 0 Å². The third kappa shape index (κ3) is 2.73.